The van der Waals surface area contributed by atoms with Gasteiger partial charge in [0.25, 0.3) is 5.91 Å². The summed E-state index contributed by atoms with van der Waals surface area (Å²) in [6.07, 6.45) is 12.6. The number of aromatic nitrogens is 2. The topological polar surface area (TPSA) is 66.9 Å². The molecule has 2 N–H and O–H groups in total. The summed E-state index contributed by atoms with van der Waals surface area (Å²) >= 11 is 0. The van der Waals surface area contributed by atoms with Crippen molar-refractivity contribution in [2.24, 2.45) is 0 Å². The first kappa shape index (κ1) is 17.1. The second kappa shape index (κ2) is 7.52. The lowest BCUT2D eigenvalue weighted by atomic mass is 9.97. The third-order valence-electron chi connectivity index (χ3n) is 5.79. The molecule has 2 aromatic rings. The van der Waals surface area contributed by atoms with Crippen LogP contribution in [0.25, 0.3) is 11.0 Å². The third-order valence-corrected chi connectivity index (χ3v) is 5.79. The standard InChI is InChI=1S/C21H27N3O2/c25-20(22-13-12-15-6-2-1-3-7-15)16-10-11-19-18(14-16)23-21(26)24(19)17-8-4-5-9-17/h6,10-11,14,17H,1-5,7-9,12-13H2,(H,22,25)(H,23,26). The van der Waals surface area contributed by atoms with Gasteiger partial charge in [0.05, 0.1) is 11.0 Å². The van der Waals surface area contributed by atoms with Crippen LogP contribution in [0.15, 0.2) is 34.6 Å². The Kier molecular flexibility index (Phi) is 4.96. The molecule has 1 aromatic carbocycles. The molecule has 1 heterocycles. The Labute approximate surface area is 153 Å². The Morgan fingerprint density at radius 3 is 2.81 bits per heavy atom. The van der Waals surface area contributed by atoms with E-state index < -0.39 is 0 Å². The van der Waals surface area contributed by atoms with Crippen molar-refractivity contribution >= 4 is 16.9 Å². The Morgan fingerprint density at radius 1 is 1.19 bits per heavy atom. The molecule has 1 saturated carbocycles. The van der Waals surface area contributed by atoms with Crippen LogP contribution in [0.2, 0.25) is 0 Å². The number of benzene rings is 1. The van der Waals surface area contributed by atoms with E-state index in [2.05, 4.69) is 16.4 Å². The van der Waals surface area contributed by atoms with Crippen molar-refractivity contribution in [1.29, 1.82) is 0 Å². The fourth-order valence-corrected chi connectivity index (χ4v) is 4.37. The smallest absolute Gasteiger partial charge is 0.326 e. The number of nitrogens with one attached hydrogen (secondary N) is 2. The predicted octanol–water partition coefficient (Wildman–Crippen LogP) is 4.07. The number of amides is 1. The SMILES string of the molecule is O=C(NCCC1=CCCCC1)c1ccc2c(c1)[nH]c(=O)n2C1CCCC1. The van der Waals surface area contributed by atoms with Crippen LogP contribution in [0.4, 0.5) is 0 Å². The monoisotopic (exact) mass is 353 g/mol. The molecule has 26 heavy (non-hydrogen) atoms. The largest absolute Gasteiger partial charge is 0.352 e. The first-order chi connectivity index (χ1) is 12.7. The van der Waals surface area contributed by atoms with Crippen LogP contribution in [-0.2, 0) is 0 Å². The van der Waals surface area contributed by atoms with Crippen molar-refractivity contribution in [1.82, 2.24) is 14.9 Å². The zero-order chi connectivity index (χ0) is 17.9. The number of rotatable bonds is 5. The van der Waals surface area contributed by atoms with Gasteiger partial charge >= 0.3 is 5.69 Å². The number of hydrogen-bond acceptors (Lipinski definition) is 2. The zero-order valence-electron chi connectivity index (χ0n) is 15.2. The van der Waals surface area contributed by atoms with E-state index in [-0.39, 0.29) is 11.6 Å². The van der Waals surface area contributed by atoms with Crippen LogP contribution in [-0.4, -0.2) is 22.0 Å². The summed E-state index contributed by atoms with van der Waals surface area (Å²) in [5, 5.41) is 3.01. The second-order valence-electron chi connectivity index (χ2n) is 7.58. The molecule has 138 valence electrons. The van der Waals surface area contributed by atoms with Crippen molar-refractivity contribution in [3.63, 3.8) is 0 Å². The van der Waals surface area contributed by atoms with Crippen LogP contribution < -0.4 is 11.0 Å². The number of H-pyrrole nitrogens is 1. The fraction of sp³-hybridized carbons (Fsp3) is 0.524. The maximum Gasteiger partial charge on any atom is 0.326 e. The van der Waals surface area contributed by atoms with Crippen LogP contribution in [0.3, 0.4) is 0 Å². The number of carbonyl (C=O) groups excluding carboxylic acids is 1. The summed E-state index contributed by atoms with van der Waals surface area (Å²) in [6.45, 7) is 0.669. The van der Waals surface area contributed by atoms with Crippen LogP contribution in [0.1, 0.15) is 74.2 Å². The predicted molar refractivity (Wildman–Crippen MR) is 104 cm³/mol. The van der Waals surface area contributed by atoms with Crippen molar-refractivity contribution in [2.75, 3.05) is 6.54 Å². The van der Waals surface area contributed by atoms with Gasteiger partial charge in [0, 0.05) is 18.2 Å². The van der Waals surface area contributed by atoms with Crippen molar-refractivity contribution < 1.29 is 4.79 Å². The van der Waals surface area contributed by atoms with Crippen LogP contribution in [0.5, 0.6) is 0 Å². The summed E-state index contributed by atoms with van der Waals surface area (Å²) in [7, 11) is 0. The molecule has 0 unspecified atom stereocenters. The maximum atomic E-state index is 12.4. The average molecular weight is 353 g/mol. The lowest BCUT2D eigenvalue weighted by Crippen LogP contribution is -2.24. The van der Waals surface area contributed by atoms with Gasteiger partial charge in [-0.25, -0.2) is 4.79 Å². The molecule has 2 aliphatic carbocycles. The molecule has 1 aromatic heterocycles. The van der Waals surface area contributed by atoms with Gasteiger partial charge in [-0.15, -0.1) is 0 Å². The van der Waals surface area contributed by atoms with E-state index in [0.717, 1.165) is 36.7 Å². The van der Waals surface area contributed by atoms with E-state index in [1.54, 1.807) is 6.07 Å². The minimum absolute atomic E-state index is 0.0614. The van der Waals surface area contributed by atoms with E-state index >= 15 is 0 Å². The average Bonchev–Trinajstić information content (AvgIpc) is 3.28. The highest BCUT2D eigenvalue weighted by Crippen LogP contribution is 2.30. The Morgan fingerprint density at radius 2 is 2.04 bits per heavy atom. The molecule has 1 fully saturated rings. The molecule has 1 amide bonds. The van der Waals surface area contributed by atoms with Gasteiger partial charge in [0.1, 0.15) is 0 Å². The van der Waals surface area contributed by atoms with Gasteiger partial charge in [-0.2, -0.15) is 0 Å². The number of nitrogens with zero attached hydrogens (tertiary/aromatic N) is 1. The molecule has 0 atom stereocenters. The number of aromatic amines is 1. The van der Waals surface area contributed by atoms with E-state index in [9.17, 15) is 9.59 Å². The van der Waals surface area contributed by atoms with Crippen molar-refractivity contribution in [3.8, 4) is 0 Å². The minimum atomic E-state index is -0.0715. The van der Waals surface area contributed by atoms with Crippen molar-refractivity contribution in [3.05, 3.63) is 45.9 Å². The van der Waals surface area contributed by atoms with Crippen LogP contribution >= 0.6 is 0 Å². The molecular weight excluding hydrogens is 326 g/mol. The molecule has 0 spiro atoms. The first-order valence-electron chi connectivity index (χ1n) is 9.93. The second-order valence-corrected chi connectivity index (χ2v) is 7.58. The molecule has 0 aliphatic heterocycles. The van der Waals surface area contributed by atoms with E-state index in [1.165, 1.54) is 37.7 Å². The van der Waals surface area contributed by atoms with Crippen molar-refractivity contribution in [2.45, 2.75) is 63.8 Å². The summed E-state index contributed by atoms with van der Waals surface area (Å²) in [5.74, 6) is -0.0715. The molecule has 0 bridgehead atoms. The lowest BCUT2D eigenvalue weighted by molar-refractivity contribution is 0.0954. The summed E-state index contributed by atoms with van der Waals surface area (Å²) in [5.41, 5.74) is 3.67. The quantitative estimate of drug-likeness (QED) is 0.796. The number of carbonyl (C=O) groups is 1. The molecule has 4 rings (SSSR count). The number of imidazole rings is 1. The van der Waals surface area contributed by atoms with Gasteiger partial charge in [0.15, 0.2) is 0 Å². The van der Waals surface area contributed by atoms with Gasteiger partial charge in [0.2, 0.25) is 0 Å². The highest BCUT2D eigenvalue weighted by atomic mass is 16.2. The lowest BCUT2D eigenvalue weighted by Gasteiger charge is -2.13. The Bertz CT molecular complexity index is 884. The summed E-state index contributed by atoms with van der Waals surface area (Å²) < 4.78 is 1.87. The molecule has 2 aliphatic rings. The van der Waals surface area contributed by atoms with Gasteiger partial charge in [-0.3, -0.25) is 9.36 Å². The summed E-state index contributed by atoms with van der Waals surface area (Å²) in [4.78, 5) is 27.7. The number of hydrogen-bond donors (Lipinski definition) is 2. The molecule has 5 heteroatoms. The fourth-order valence-electron chi connectivity index (χ4n) is 4.37. The number of allylic oxidation sites excluding steroid dienone is 1. The summed E-state index contributed by atoms with van der Waals surface area (Å²) in [6, 6.07) is 5.83. The molecule has 0 saturated heterocycles. The third kappa shape index (κ3) is 3.48. The van der Waals surface area contributed by atoms with E-state index in [4.69, 9.17) is 0 Å². The molecule has 5 nitrogen and oxygen atoms in total. The normalized spacial score (nSPS) is 18.2. The van der Waals surface area contributed by atoms with Gasteiger partial charge in [-0.05, 0) is 63.1 Å². The minimum Gasteiger partial charge on any atom is -0.352 e. The highest BCUT2D eigenvalue weighted by molar-refractivity contribution is 5.97. The molecular formula is C21H27N3O2. The highest BCUT2D eigenvalue weighted by Gasteiger charge is 2.21. The number of fused-ring (bicyclic) bond motifs is 1. The van der Waals surface area contributed by atoms with E-state index in [1.807, 2.05) is 16.7 Å². The zero-order valence-corrected chi connectivity index (χ0v) is 15.2. The Balaban J connectivity index is 1.46. The van der Waals surface area contributed by atoms with Crippen LogP contribution in [0, 0.1) is 0 Å². The van der Waals surface area contributed by atoms with E-state index in [0.29, 0.717) is 18.2 Å². The first-order valence-corrected chi connectivity index (χ1v) is 9.93. The Hall–Kier alpha value is -2.30. The molecule has 0 radical (unpaired) electrons. The maximum absolute atomic E-state index is 12.4. The van der Waals surface area contributed by atoms with Gasteiger partial charge in [-0.1, -0.05) is 24.5 Å². The van der Waals surface area contributed by atoms with Gasteiger partial charge < -0.3 is 10.3 Å².